The third kappa shape index (κ3) is 3.41. The van der Waals surface area contributed by atoms with Gasteiger partial charge < -0.3 is 0 Å². The van der Waals surface area contributed by atoms with Gasteiger partial charge in [0.25, 0.3) is 5.69 Å². The summed E-state index contributed by atoms with van der Waals surface area (Å²) < 4.78 is 0. The van der Waals surface area contributed by atoms with Gasteiger partial charge in [0.05, 0.1) is 28.7 Å². The molecule has 0 aliphatic carbocycles. The molecule has 0 radical (unpaired) electrons. The number of hydrogen-bond acceptors (Lipinski definition) is 5. The summed E-state index contributed by atoms with van der Waals surface area (Å²) in [6.45, 7) is 0. The Morgan fingerprint density at radius 1 is 1.13 bits per heavy atom. The first-order chi connectivity index (χ1) is 11.2. The highest BCUT2D eigenvalue weighted by Gasteiger charge is 2.05. The van der Waals surface area contributed by atoms with Crippen LogP contribution in [0.1, 0.15) is 5.69 Å². The predicted molar refractivity (Wildman–Crippen MR) is 88.3 cm³/mol. The molecule has 0 atom stereocenters. The van der Waals surface area contributed by atoms with Crippen LogP contribution < -0.4 is 5.43 Å². The molecule has 0 saturated carbocycles. The Morgan fingerprint density at radius 2 is 1.87 bits per heavy atom. The molecule has 0 unspecified atom stereocenters. The van der Waals surface area contributed by atoms with Crippen molar-refractivity contribution < 1.29 is 4.92 Å². The van der Waals surface area contributed by atoms with Gasteiger partial charge in [0.1, 0.15) is 0 Å². The highest BCUT2D eigenvalue weighted by atomic mass is 16.6. The molecule has 23 heavy (non-hydrogen) atoms. The second-order valence-corrected chi connectivity index (χ2v) is 4.74. The number of benzene rings is 2. The summed E-state index contributed by atoms with van der Waals surface area (Å²) >= 11 is 0. The summed E-state index contributed by atoms with van der Waals surface area (Å²) in [4.78, 5) is 10.2. The topological polar surface area (TPSA) is 96.2 Å². The number of rotatable bonds is 5. The molecule has 0 saturated heterocycles. The summed E-state index contributed by atoms with van der Waals surface area (Å²) in [5, 5.41) is 21.6. The lowest BCUT2D eigenvalue weighted by Crippen LogP contribution is -1.93. The van der Waals surface area contributed by atoms with E-state index in [1.807, 2.05) is 30.3 Å². The van der Waals surface area contributed by atoms with Crippen molar-refractivity contribution in [3.05, 3.63) is 76.6 Å². The molecule has 7 heteroatoms. The minimum absolute atomic E-state index is 0.0412. The van der Waals surface area contributed by atoms with Crippen molar-refractivity contribution in [1.82, 2.24) is 10.2 Å². The number of hydrazone groups is 1. The van der Waals surface area contributed by atoms with Crippen molar-refractivity contribution in [1.29, 1.82) is 0 Å². The van der Waals surface area contributed by atoms with Gasteiger partial charge in [-0.15, -0.1) is 0 Å². The van der Waals surface area contributed by atoms with Crippen LogP contribution in [0.2, 0.25) is 0 Å². The number of anilines is 1. The van der Waals surface area contributed by atoms with Gasteiger partial charge in [-0.05, 0) is 17.7 Å². The first-order valence-electron chi connectivity index (χ1n) is 6.86. The molecule has 1 aromatic heterocycles. The maximum atomic E-state index is 10.6. The summed E-state index contributed by atoms with van der Waals surface area (Å²) in [7, 11) is 0. The Balaban J connectivity index is 1.72. The van der Waals surface area contributed by atoms with E-state index in [-0.39, 0.29) is 5.69 Å². The lowest BCUT2D eigenvalue weighted by molar-refractivity contribution is -0.384. The number of aromatic amines is 1. The summed E-state index contributed by atoms with van der Waals surface area (Å²) in [5.41, 5.74) is 6.28. The largest absolute Gasteiger partial charge is 0.278 e. The van der Waals surface area contributed by atoms with E-state index in [1.54, 1.807) is 24.5 Å². The Morgan fingerprint density at radius 3 is 2.57 bits per heavy atom. The number of nitrogens with one attached hydrogen (secondary N) is 2. The Kier molecular flexibility index (Phi) is 4.10. The third-order valence-electron chi connectivity index (χ3n) is 3.22. The van der Waals surface area contributed by atoms with Gasteiger partial charge in [0.2, 0.25) is 0 Å². The smallest absolute Gasteiger partial charge is 0.269 e. The second kappa shape index (κ2) is 6.52. The number of hydrogen-bond donors (Lipinski definition) is 2. The van der Waals surface area contributed by atoms with Crippen LogP contribution in [-0.4, -0.2) is 21.3 Å². The summed E-state index contributed by atoms with van der Waals surface area (Å²) in [6, 6.07) is 15.9. The minimum Gasteiger partial charge on any atom is -0.278 e. The van der Waals surface area contributed by atoms with Gasteiger partial charge in [-0.1, -0.05) is 30.3 Å². The maximum absolute atomic E-state index is 10.6. The average molecular weight is 307 g/mol. The molecular formula is C16H13N5O2. The van der Waals surface area contributed by atoms with E-state index in [1.165, 1.54) is 12.1 Å². The van der Waals surface area contributed by atoms with Crippen molar-refractivity contribution in [3.8, 4) is 11.1 Å². The van der Waals surface area contributed by atoms with Gasteiger partial charge in [-0.25, -0.2) is 0 Å². The van der Waals surface area contributed by atoms with Gasteiger partial charge in [0.15, 0.2) is 0 Å². The molecule has 2 aromatic carbocycles. The molecule has 0 aliphatic rings. The van der Waals surface area contributed by atoms with Crippen LogP contribution in [0.15, 0.2) is 65.9 Å². The highest BCUT2D eigenvalue weighted by Crippen LogP contribution is 2.20. The van der Waals surface area contributed by atoms with Crippen molar-refractivity contribution in [3.63, 3.8) is 0 Å². The first-order valence-corrected chi connectivity index (χ1v) is 6.86. The quantitative estimate of drug-likeness (QED) is 0.429. The van der Waals surface area contributed by atoms with Crippen molar-refractivity contribution in [2.75, 3.05) is 5.43 Å². The van der Waals surface area contributed by atoms with E-state index in [9.17, 15) is 10.1 Å². The second-order valence-electron chi connectivity index (χ2n) is 4.74. The van der Waals surface area contributed by atoms with Gasteiger partial charge >= 0.3 is 0 Å². The average Bonchev–Trinajstić information content (AvgIpc) is 3.05. The monoisotopic (exact) mass is 307 g/mol. The number of non-ortho nitro benzene ring substituents is 1. The molecule has 7 nitrogen and oxygen atoms in total. The standard InChI is InChI=1S/C16H13N5O2/c22-21(23)14-8-6-13(7-9-14)19-18-11-16-15(10-17-20-16)12-4-2-1-3-5-12/h1-11,19H,(H,17,20). The number of aromatic nitrogens is 2. The molecule has 3 rings (SSSR count). The van der Waals surface area contributed by atoms with Crippen LogP contribution in [0.3, 0.4) is 0 Å². The molecule has 3 aromatic rings. The fourth-order valence-corrected chi connectivity index (χ4v) is 2.07. The van der Waals surface area contributed by atoms with Crippen molar-refractivity contribution >= 4 is 17.6 Å². The Labute approximate surface area is 131 Å². The van der Waals surface area contributed by atoms with Crippen LogP contribution >= 0.6 is 0 Å². The molecule has 0 aliphatic heterocycles. The lowest BCUT2D eigenvalue weighted by atomic mass is 10.1. The minimum atomic E-state index is -0.441. The highest BCUT2D eigenvalue weighted by molar-refractivity contribution is 5.88. The van der Waals surface area contributed by atoms with Crippen molar-refractivity contribution in [2.45, 2.75) is 0 Å². The number of nitro groups is 1. The molecule has 0 bridgehead atoms. The van der Waals surface area contributed by atoms with Crippen LogP contribution in [0.4, 0.5) is 11.4 Å². The lowest BCUT2D eigenvalue weighted by Gasteiger charge is -2.00. The Bertz CT molecular complexity index is 825. The van der Waals surface area contributed by atoms with E-state index < -0.39 is 4.92 Å². The fourth-order valence-electron chi connectivity index (χ4n) is 2.07. The van der Waals surface area contributed by atoms with Crippen LogP contribution in [0.5, 0.6) is 0 Å². The Hall–Kier alpha value is -3.48. The maximum Gasteiger partial charge on any atom is 0.269 e. The molecular weight excluding hydrogens is 294 g/mol. The predicted octanol–water partition coefficient (Wildman–Crippen LogP) is 3.43. The summed E-state index contributed by atoms with van der Waals surface area (Å²) in [5.74, 6) is 0. The third-order valence-corrected chi connectivity index (χ3v) is 3.22. The zero-order valence-corrected chi connectivity index (χ0v) is 12.0. The first kappa shape index (κ1) is 14.5. The molecule has 1 heterocycles. The molecule has 0 spiro atoms. The number of H-pyrrole nitrogens is 1. The van der Waals surface area contributed by atoms with Gasteiger partial charge in [0, 0.05) is 17.7 Å². The molecule has 114 valence electrons. The SMILES string of the molecule is O=[N+]([O-])c1ccc(NN=Cc2[nH]ncc2-c2ccccc2)cc1. The zero-order chi connectivity index (χ0) is 16.1. The van der Waals surface area contributed by atoms with Crippen LogP contribution in [-0.2, 0) is 0 Å². The normalized spacial score (nSPS) is 10.8. The molecule has 2 N–H and O–H groups in total. The molecule has 0 fully saturated rings. The van der Waals surface area contributed by atoms with E-state index in [2.05, 4.69) is 20.7 Å². The number of nitro benzene ring substituents is 1. The zero-order valence-electron chi connectivity index (χ0n) is 12.0. The van der Waals surface area contributed by atoms with E-state index in [0.717, 1.165) is 16.8 Å². The molecule has 0 amide bonds. The number of nitrogens with zero attached hydrogens (tertiary/aromatic N) is 3. The van der Waals surface area contributed by atoms with Crippen LogP contribution in [0, 0.1) is 10.1 Å². The van der Waals surface area contributed by atoms with Crippen molar-refractivity contribution in [2.24, 2.45) is 5.10 Å². The summed E-state index contributed by atoms with van der Waals surface area (Å²) in [6.07, 6.45) is 3.36. The van der Waals surface area contributed by atoms with E-state index in [0.29, 0.717) is 5.69 Å². The van der Waals surface area contributed by atoms with Crippen LogP contribution in [0.25, 0.3) is 11.1 Å². The van der Waals surface area contributed by atoms with E-state index in [4.69, 9.17) is 0 Å². The van der Waals surface area contributed by atoms with Gasteiger partial charge in [-0.3, -0.25) is 20.6 Å². The van der Waals surface area contributed by atoms with E-state index >= 15 is 0 Å². The van der Waals surface area contributed by atoms with Gasteiger partial charge in [-0.2, -0.15) is 10.2 Å². The fraction of sp³-hybridized carbons (Fsp3) is 0.